The van der Waals surface area contributed by atoms with Crippen LogP contribution < -0.4 is 14.2 Å². The van der Waals surface area contributed by atoms with E-state index in [-0.39, 0.29) is 0 Å². The fraction of sp³-hybridized carbons (Fsp3) is 0.294. The van der Waals surface area contributed by atoms with Crippen molar-refractivity contribution >= 4 is 11.6 Å². The minimum atomic E-state index is 0.434. The number of aryl methyl sites for hydroxylation is 1. The van der Waals surface area contributed by atoms with Gasteiger partial charge in [0.1, 0.15) is 30.5 Å². The first-order chi connectivity index (χ1) is 10.2. The molecule has 21 heavy (non-hydrogen) atoms. The van der Waals surface area contributed by atoms with Crippen LogP contribution in [0.4, 0.5) is 0 Å². The Morgan fingerprint density at radius 3 is 2.29 bits per heavy atom. The van der Waals surface area contributed by atoms with Crippen LogP contribution >= 0.6 is 11.6 Å². The summed E-state index contributed by atoms with van der Waals surface area (Å²) in [5, 5.41) is 0.619. The molecular weight excluding hydrogens is 288 g/mol. The van der Waals surface area contributed by atoms with Gasteiger partial charge in [0, 0.05) is 6.07 Å². The third-order valence-corrected chi connectivity index (χ3v) is 3.18. The van der Waals surface area contributed by atoms with E-state index in [1.807, 2.05) is 56.3 Å². The maximum atomic E-state index is 6.10. The van der Waals surface area contributed by atoms with Crippen LogP contribution in [-0.4, -0.2) is 19.8 Å². The van der Waals surface area contributed by atoms with Crippen molar-refractivity contribution < 1.29 is 14.2 Å². The van der Waals surface area contributed by atoms with Crippen LogP contribution in [-0.2, 0) is 0 Å². The molecule has 0 fully saturated rings. The van der Waals surface area contributed by atoms with Crippen molar-refractivity contribution in [1.29, 1.82) is 0 Å². The molecule has 0 bridgehead atoms. The van der Waals surface area contributed by atoms with E-state index in [1.54, 1.807) is 0 Å². The minimum Gasteiger partial charge on any atom is -0.494 e. The predicted octanol–water partition coefficient (Wildman–Crippen LogP) is 4.50. The number of rotatable bonds is 7. The summed E-state index contributed by atoms with van der Waals surface area (Å²) in [6.07, 6.45) is 0. The van der Waals surface area contributed by atoms with Crippen molar-refractivity contribution in [2.75, 3.05) is 19.8 Å². The lowest BCUT2D eigenvalue weighted by molar-refractivity contribution is 0.215. The number of para-hydroxylation sites is 1. The molecule has 4 heteroatoms. The molecule has 2 aromatic rings. The SMILES string of the molecule is CCOc1cccc(OCCOc2c(C)cccc2Cl)c1. The lowest BCUT2D eigenvalue weighted by atomic mass is 10.2. The van der Waals surface area contributed by atoms with Gasteiger partial charge in [-0.15, -0.1) is 0 Å². The Hall–Kier alpha value is -1.87. The molecule has 0 saturated heterocycles. The molecule has 0 heterocycles. The highest BCUT2D eigenvalue weighted by Crippen LogP contribution is 2.27. The molecule has 0 aliphatic carbocycles. The Kier molecular flexibility index (Phi) is 5.76. The first-order valence-electron chi connectivity index (χ1n) is 6.94. The number of benzene rings is 2. The van der Waals surface area contributed by atoms with Crippen LogP contribution in [0.3, 0.4) is 0 Å². The fourth-order valence-corrected chi connectivity index (χ4v) is 2.20. The maximum Gasteiger partial charge on any atom is 0.140 e. The molecule has 0 aliphatic rings. The van der Waals surface area contributed by atoms with E-state index in [0.29, 0.717) is 30.6 Å². The molecule has 0 unspecified atom stereocenters. The summed E-state index contributed by atoms with van der Waals surface area (Å²) in [4.78, 5) is 0. The summed E-state index contributed by atoms with van der Waals surface area (Å²) < 4.78 is 16.8. The molecule has 0 radical (unpaired) electrons. The molecular formula is C17H19ClO3. The number of hydrogen-bond donors (Lipinski definition) is 0. The molecule has 0 aromatic heterocycles. The van der Waals surface area contributed by atoms with Crippen LogP contribution in [0.25, 0.3) is 0 Å². The van der Waals surface area contributed by atoms with Crippen molar-refractivity contribution in [3.8, 4) is 17.2 Å². The van der Waals surface area contributed by atoms with Gasteiger partial charge in [-0.1, -0.05) is 29.8 Å². The van der Waals surface area contributed by atoms with Crippen molar-refractivity contribution in [3.63, 3.8) is 0 Å². The summed E-state index contributed by atoms with van der Waals surface area (Å²) in [5.41, 5.74) is 1.01. The topological polar surface area (TPSA) is 27.7 Å². The molecule has 112 valence electrons. The zero-order valence-electron chi connectivity index (χ0n) is 12.3. The number of hydrogen-bond acceptors (Lipinski definition) is 3. The van der Waals surface area contributed by atoms with E-state index < -0.39 is 0 Å². The smallest absolute Gasteiger partial charge is 0.140 e. The molecule has 0 spiro atoms. The van der Waals surface area contributed by atoms with E-state index in [1.165, 1.54) is 0 Å². The molecule has 0 N–H and O–H groups in total. The third kappa shape index (κ3) is 4.57. The highest BCUT2D eigenvalue weighted by atomic mass is 35.5. The first-order valence-corrected chi connectivity index (χ1v) is 7.32. The second-order valence-electron chi connectivity index (χ2n) is 4.49. The molecule has 3 nitrogen and oxygen atoms in total. The van der Waals surface area contributed by atoms with Gasteiger partial charge in [-0.3, -0.25) is 0 Å². The van der Waals surface area contributed by atoms with Crippen molar-refractivity contribution in [2.24, 2.45) is 0 Å². The van der Waals surface area contributed by atoms with Gasteiger partial charge in [-0.05, 0) is 37.6 Å². The zero-order chi connectivity index (χ0) is 15.1. The molecule has 2 rings (SSSR count). The second kappa shape index (κ2) is 7.79. The Morgan fingerprint density at radius 2 is 1.57 bits per heavy atom. The van der Waals surface area contributed by atoms with Crippen molar-refractivity contribution in [2.45, 2.75) is 13.8 Å². The standard InChI is InChI=1S/C17H19ClO3/c1-3-19-14-7-5-8-15(12-14)20-10-11-21-17-13(2)6-4-9-16(17)18/h4-9,12H,3,10-11H2,1-2H3. The van der Waals surface area contributed by atoms with E-state index in [9.17, 15) is 0 Å². The molecule has 0 amide bonds. The van der Waals surface area contributed by atoms with Gasteiger partial charge in [-0.2, -0.15) is 0 Å². The first kappa shape index (κ1) is 15.5. The average Bonchev–Trinajstić information content (AvgIpc) is 2.47. The van der Waals surface area contributed by atoms with Crippen LogP contribution in [0.2, 0.25) is 5.02 Å². The fourth-order valence-electron chi connectivity index (χ4n) is 1.92. The predicted molar refractivity (Wildman–Crippen MR) is 84.8 cm³/mol. The number of halogens is 1. The van der Waals surface area contributed by atoms with Crippen molar-refractivity contribution in [3.05, 3.63) is 53.1 Å². The van der Waals surface area contributed by atoms with Gasteiger partial charge < -0.3 is 14.2 Å². The molecule has 0 aliphatic heterocycles. The van der Waals surface area contributed by atoms with E-state index in [0.717, 1.165) is 17.1 Å². The largest absolute Gasteiger partial charge is 0.494 e. The van der Waals surface area contributed by atoms with Crippen LogP contribution in [0.15, 0.2) is 42.5 Å². The van der Waals surface area contributed by atoms with Crippen LogP contribution in [0.1, 0.15) is 12.5 Å². The van der Waals surface area contributed by atoms with Gasteiger partial charge in [0.2, 0.25) is 0 Å². The summed E-state index contributed by atoms with van der Waals surface area (Å²) in [7, 11) is 0. The maximum absolute atomic E-state index is 6.10. The van der Waals surface area contributed by atoms with Gasteiger partial charge >= 0.3 is 0 Å². The van der Waals surface area contributed by atoms with Gasteiger partial charge in [0.05, 0.1) is 11.6 Å². The van der Waals surface area contributed by atoms with Crippen LogP contribution in [0.5, 0.6) is 17.2 Å². The Balaban J connectivity index is 1.83. The number of ether oxygens (including phenoxy) is 3. The van der Waals surface area contributed by atoms with E-state index in [2.05, 4.69) is 0 Å². The summed E-state index contributed by atoms with van der Waals surface area (Å²) >= 11 is 6.10. The van der Waals surface area contributed by atoms with E-state index >= 15 is 0 Å². The highest BCUT2D eigenvalue weighted by Gasteiger charge is 2.04. The second-order valence-corrected chi connectivity index (χ2v) is 4.90. The molecule has 2 aromatic carbocycles. The van der Waals surface area contributed by atoms with Crippen LogP contribution in [0, 0.1) is 6.92 Å². The van der Waals surface area contributed by atoms with Gasteiger partial charge in [0.15, 0.2) is 0 Å². The summed E-state index contributed by atoms with van der Waals surface area (Å²) in [6.45, 7) is 5.43. The average molecular weight is 307 g/mol. The zero-order valence-corrected chi connectivity index (χ0v) is 13.0. The summed E-state index contributed by atoms with van der Waals surface area (Å²) in [6, 6.07) is 13.2. The molecule has 0 atom stereocenters. The highest BCUT2D eigenvalue weighted by molar-refractivity contribution is 6.32. The Morgan fingerprint density at radius 1 is 0.905 bits per heavy atom. The Labute approximate surface area is 130 Å². The minimum absolute atomic E-state index is 0.434. The monoisotopic (exact) mass is 306 g/mol. The van der Waals surface area contributed by atoms with Crippen molar-refractivity contribution in [1.82, 2.24) is 0 Å². The molecule has 0 saturated carbocycles. The lowest BCUT2D eigenvalue weighted by Gasteiger charge is -2.12. The Bertz CT molecular complexity index is 564. The van der Waals surface area contributed by atoms with Gasteiger partial charge in [0.25, 0.3) is 0 Å². The van der Waals surface area contributed by atoms with E-state index in [4.69, 9.17) is 25.8 Å². The quantitative estimate of drug-likeness (QED) is 0.705. The third-order valence-electron chi connectivity index (χ3n) is 2.88. The lowest BCUT2D eigenvalue weighted by Crippen LogP contribution is -2.10. The summed E-state index contributed by atoms with van der Waals surface area (Å²) in [5.74, 6) is 2.28. The van der Waals surface area contributed by atoms with Gasteiger partial charge in [-0.25, -0.2) is 0 Å². The normalized spacial score (nSPS) is 10.2.